The molecule has 0 saturated heterocycles. The van der Waals surface area contributed by atoms with Crippen molar-refractivity contribution < 1.29 is 4.79 Å². The van der Waals surface area contributed by atoms with Crippen molar-refractivity contribution in [3.8, 4) is 6.07 Å². The minimum Gasteiger partial charge on any atom is -0.321 e. The third kappa shape index (κ3) is 5.24. The lowest BCUT2D eigenvalue weighted by Gasteiger charge is -2.10. The number of rotatable bonds is 5. The van der Waals surface area contributed by atoms with Crippen molar-refractivity contribution in [2.24, 2.45) is 0 Å². The molecule has 1 N–H and O–H groups in total. The number of benzene rings is 3. The van der Waals surface area contributed by atoms with Gasteiger partial charge < -0.3 is 5.32 Å². The Labute approximate surface area is 178 Å². The van der Waals surface area contributed by atoms with Gasteiger partial charge in [0.15, 0.2) is 0 Å². The highest BCUT2D eigenvalue weighted by atomic mass is 16.1. The van der Waals surface area contributed by atoms with Crippen LogP contribution in [-0.4, -0.2) is 5.91 Å². The third-order valence-electron chi connectivity index (χ3n) is 5.04. The summed E-state index contributed by atoms with van der Waals surface area (Å²) in [4.78, 5) is 12.8. The molecule has 0 saturated carbocycles. The topological polar surface area (TPSA) is 52.9 Å². The van der Waals surface area contributed by atoms with Gasteiger partial charge >= 0.3 is 0 Å². The van der Waals surface area contributed by atoms with Crippen LogP contribution in [0, 0.1) is 39.0 Å². The van der Waals surface area contributed by atoms with E-state index in [1.54, 1.807) is 6.08 Å². The maximum absolute atomic E-state index is 12.8. The Bertz CT molecular complexity index is 1150. The summed E-state index contributed by atoms with van der Waals surface area (Å²) in [5.41, 5.74) is 8.45. The second-order valence-electron chi connectivity index (χ2n) is 7.81. The van der Waals surface area contributed by atoms with Crippen LogP contribution in [0.2, 0.25) is 0 Å². The van der Waals surface area contributed by atoms with Crippen LogP contribution >= 0.6 is 0 Å². The van der Waals surface area contributed by atoms with Gasteiger partial charge in [0.25, 0.3) is 5.91 Å². The smallest absolute Gasteiger partial charge is 0.266 e. The molecule has 0 fully saturated rings. The van der Waals surface area contributed by atoms with Crippen molar-refractivity contribution >= 4 is 17.7 Å². The van der Waals surface area contributed by atoms with Gasteiger partial charge in [-0.15, -0.1) is 0 Å². The van der Waals surface area contributed by atoms with Crippen LogP contribution in [0.3, 0.4) is 0 Å². The Morgan fingerprint density at radius 3 is 2.33 bits per heavy atom. The average molecular weight is 395 g/mol. The molecule has 0 heterocycles. The predicted octanol–water partition coefficient (Wildman–Crippen LogP) is 6.06. The number of aryl methyl sites for hydroxylation is 4. The first-order chi connectivity index (χ1) is 14.4. The lowest BCUT2D eigenvalue weighted by molar-refractivity contribution is -0.112. The quantitative estimate of drug-likeness (QED) is 0.423. The summed E-state index contributed by atoms with van der Waals surface area (Å²) in [6, 6.07) is 22.3. The van der Waals surface area contributed by atoms with Crippen LogP contribution in [0.4, 0.5) is 5.69 Å². The first-order valence-corrected chi connectivity index (χ1v) is 10.0. The molecule has 0 unspecified atom stereocenters. The van der Waals surface area contributed by atoms with Crippen LogP contribution in [0.25, 0.3) is 6.08 Å². The third-order valence-corrected chi connectivity index (χ3v) is 5.04. The SMILES string of the molecule is Cc1cc(C)cc(Cc2ccccc2/C=C(\C#N)C(=O)Nc2cc(C)ccc2C)c1. The Kier molecular flexibility index (Phi) is 6.49. The molecule has 30 heavy (non-hydrogen) atoms. The molecule has 150 valence electrons. The summed E-state index contributed by atoms with van der Waals surface area (Å²) in [6.07, 6.45) is 2.42. The van der Waals surface area contributed by atoms with E-state index < -0.39 is 5.91 Å². The molecular weight excluding hydrogens is 368 g/mol. The van der Waals surface area contributed by atoms with E-state index in [0.717, 1.165) is 34.4 Å². The zero-order valence-electron chi connectivity index (χ0n) is 17.9. The Hall–Kier alpha value is -3.64. The molecule has 0 aliphatic carbocycles. The van der Waals surface area contributed by atoms with Gasteiger partial charge in [0, 0.05) is 5.69 Å². The summed E-state index contributed by atoms with van der Waals surface area (Å²) in [5, 5.41) is 12.5. The highest BCUT2D eigenvalue weighted by molar-refractivity contribution is 6.10. The van der Waals surface area contributed by atoms with Crippen molar-refractivity contribution in [2.45, 2.75) is 34.1 Å². The van der Waals surface area contributed by atoms with Gasteiger partial charge in [0.2, 0.25) is 0 Å². The van der Waals surface area contributed by atoms with Crippen LogP contribution in [0.1, 0.15) is 38.9 Å². The van der Waals surface area contributed by atoms with Gasteiger partial charge in [0.1, 0.15) is 11.6 Å². The summed E-state index contributed by atoms with van der Waals surface area (Å²) in [7, 11) is 0. The molecule has 0 bridgehead atoms. The molecule has 0 aliphatic rings. The maximum Gasteiger partial charge on any atom is 0.266 e. The molecule has 0 radical (unpaired) electrons. The van der Waals surface area contributed by atoms with Crippen molar-refractivity contribution in [1.29, 1.82) is 5.26 Å². The van der Waals surface area contributed by atoms with E-state index in [9.17, 15) is 10.1 Å². The van der Waals surface area contributed by atoms with E-state index in [1.165, 1.54) is 16.7 Å². The molecule has 0 spiro atoms. The summed E-state index contributed by atoms with van der Waals surface area (Å²) in [6.45, 7) is 8.09. The fraction of sp³-hybridized carbons (Fsp3) is 0.185. The van der Waals surface area contributed by atoms with Crippen LogP contribution in [-0.2, 0) is 11.2 Å². The molecule has 3 heteroatoms. The van der Waals surface area contributed by atoms with Gasteiger partial charge in [0.05, 0.1) is 0 Å². The zero-order chi connectivity index (χ0) is 21.7. The van der Waals surface area contributed by atoms with Crippen molar-refractivity contribution in [3.05, 3.63) is 105 Å². The summed E-state index contributed by atoms with van der Waals surface area (Å²) < 4.78 is 0. The number of amides is 1. The second kappa shape index (κ2) is 9.24. The molecule has 1 amide bonds. The molecule has 0 aromatic heterocycles. The maximum atomic E-state index is 12.8. The number of carbonyl (C=O) groups is 1. The number of anilines is 1. The fourth-order valence-corrected chi connectivity index (χ4v) is 3.59. The normalized spacial score (nSPS) is 11.1. The monoisotopic (exact) mass is 394 g/mol. The van der Waals surface area contributed by atoms with E-state index >= 15 is 0 Å². The fourth-order valence-electron chi connectivity index (χ4n) is 3.59. The predicted molar refractivity (Wildman–Crippen MR) is 123 cm³/mol. The van der Waals surface area contributed by atoms with E-state index in [-0.39, 0.29) is 5.57 Å². The first-order valence-electron chi connectivity index (χ1n) is 10.0. The summed E-state index contributed by atoms with van der Waals surface area (Å²) in [5.74, 6) is -0.396. The van der Waals surface area contributed by atoms with Gasteiger partial charge in [-0.2, -0.15) is 5.26 Å². The standard InChI is InChI=1S/C27H26N2O/c1-18-9-10-21(4)26(14-18)29-27(30)25(17-28)16-24-8-6-5-7-23(24)15-22-12-19(2)11-20(3)13-22/h5-14,16H,15H2,1-4H3,(H,29,30)/b25-16+. The van der Waals surface area contributed by atoms with Crippen LogP contribution < -0.4 is 5.32 Å². The van der Waals surface area contributed by atoms with Gasteiger partial charge in [-0.1, -0.05) is 65.7 Å². The van der Waals surface area contributed by atoms with Crippen molar-refractivity contribution in [2.75, 3.05) is 5.32 Å². The molecule has 3 nitrogen and oxygen atoms in total. The first kappa shape index (κ1) is 21.1. The highest BCUT2D eigenvalue weighted by Crippen LogP contribution is 2.21. The minimum absolute atomic E-state index is 0.0868. The van der Waals surface area contributed by atoms with Crippen LogP contribution in [0.5, 0.6) is 0 Å². The Morgan fingerprint density at radius 2 is 1.63 bits per heavy atom. The molecule has 0 aliphatic heterocycles. The average Bonchev–Trinajstić information content (AvgIpc) is 2.69. The number of carbonyl (C=O) groups excluding carboxylic acids is 1. The Balaban J connectivity index is 1.90. The Morgan fingerprint density at radius 1 is 0.933 bits per heavy atom. The number of nitrogens with one attached hydrogen (secondary N) is 1. The van der Waals surface area contributed by atoms with Crippen molar-refractivity contribution in [1.82, 2.24) is 0 Å². The van der Waals surface area contributed by atoms with Gasteiger partial charge in [-0.05, 0) is 74.1 Å². The van der Waals surface area contributed by atoms with Gasteiger partial charge in [-0.25, -0.2) is 0 Å². The molecule has 3 aromatic carbocycles. The minimum atomic E-state index is -0.396. The lowest BCUT2D eigenvalue weighted by Crippen LogP contribution is -2.14. The second-order valence-corrected chi connectivity index (χ2v) is 7.81. The molecule has 0 atom stereocenters. The molecular formula is C27H26N2O. The number of hydrogen-bond acceptors (Lipinski definition) is 2. The lowest BCUT2D eigenvalue weighted by atomic mass is 9.96. The van der Waals surface area contributed by atoms with Crippen LogP contribution in [0.15, 0.2) is 66.2 Å². The number of hydrogen-bond donors (Lipinski definition) is 1. The number of nitrogens with zero attached hydrogens (tertiary/aromatic N) is 1. The molecule has 3 aromatic rings. The van der Waals surface area contributed by atoms with E-state index in [0.29, 0.717) is 0 Å². The van der Waals surface area contributed by atoms with E-state index in [2.05, 4.69) is 43.4 Å². The zero-order valence-corrected chi connectivity index (χ0v) is 17.9. The highest BCUT2D eigenvalue weighted by Gasteiger charge is 2.12. The molecule has 3 rings (SSSR count). The van der Waals surface area contributed by atoms with Crippen molar-refractivity contribution in [3.63, 3.8) is 0 Å². The number of nitriles is 1. The summed E-state index contributed by atoms with van der Waals surface area (Å²) >= 11 is 0. The van der Waals surface area contributed by atoms with E-state index in [1.807, 2.05) is 56.3 Å². The largest absolute Gasteiger partial charge is 0.321 e. The van der Waals surface area contributed by atoms with Gasteiger partial charge in [-0.3, -0.25) is 4.79 Å². The van der Waals surface area contributed by atoms with E-state index in [4.69, 9.17) is 0 Å².